The molecule has 0 radical (unpaired) electrons. The van der Waals surface area contributed by atoms with Crippen molar-refractivity contribution in [1.82, 2.24) is 4.98 Å². The molecule has 0 bridgehead atoms. The van der Waals surface area contributed by atoms with Crippen LogP contribution in [0.3, 0.4) is 0 Å². The fourth-order valence-electron chi connectivity index (χ4n) is 1.56. The van der Waals surface area contributed by atoms with Gasteiger partial charge in [0.15, 0.2) is 5.01 Å². The van der Waals surface area contributed by atoms with Crippen LogP contribution in [-0.4, -0.2) is 24.9 Å². The summed E-state index contributed by atoms with van der Waals surface area (Å²) in [5, 5.41) is -1.01. The van der Waals surface area contributed by atoms with E-state index in [2.05, 4.69) is 4.98 Å². The Bertz CT molecular complexity index is 617. The first kappa shape index (κ1) is 14.5. The normalized spacial score (nSPS) is 11.4. The van der Waals surface area contributed by atoms with Crippen LogP contribution in [0.1, 0.15) is 20.2 Å². The number of benzene rings is 1. The van der Waals surface area contributed by atoms with Crippen molar-refractivity contribution < 1.29 is 18.0 Å². The molecule has 7 heteroatoms. The predicted octanol–water partition coefficient (Wildman–Crippen LogP) is 3.46. The largest absolute Gasteiger partial charge is 0.443 e. The summed E-state index contributed by atoms with van der Waals surface area (Å²) in [6.45, 7) is 0. The number of thiazole rings is 1. The number of nitrogens with zero attached hydrogens (tertiary/aromatic N) is 2. The molecule has 3 nitrogen and oxygen atoms in total. The third-order valence-corrected chi connectivity index (χ3v) is 3.66. The molecule has 1 aromatic heterocycles. The lowest BCUT2D eigenvalue weighted by Crippen LogP contribution is -2.08. The lowest BCUT2D eigenvalue weighted by Gasteiger charge is -2.12. The summed E-state index contributed by atoms with van der Waals surface area (Å²) >= 11 is 0.357. The van der Waals surface area contributed by atoms with Gasteiger partial charge in [-0.2, -0.15) is 13.2 Å². The number of aromatic nitrogens is 1. The van der Waals surface area contributed by atoms with E-state index in [1.807, 2.05) is 19.0 Å². The number of hydrogen-bond acceptors (Lipinski definition) is 4. The van der Waals surface area contributed by atoms with Crippen molar-refractivity contribution in [2.45, 2.75) is 6.18 Å². The number of carbonyl (C=O) groups is 1. The Morgan fingerprint density at radius 3 is 2.25 bits per heavy atom. The van der Waals surface area contributed by atoms with Crippen LogP contribution >= 0.6 is 11.3 Å². The number of rotatable bonds is 3. The average molecular weight is 300 g/mol. The first-order valence-electron chi connectivity index (χ1n) is 5.64. The van der Waals surface area contributed by atoms with Gasteiger partial charge in [0, 0.05) is 31.5 Å². The van der Waals surface area contributed by atoms with Crippen molar-refractivity contribution in [2.75, 3.05) is 19.0 Å². The van der Waals surface area contributed by atoms with Crippen molar-refractivity contribution in [1.29, 1.82) is 0 Å². The van der Waals surface area contributed by atoms with Crippen molar-refractivity contribution in [3.8, 4) is 0 Å². The van der Waals surface area contributed by atoms with Crippen LogP contribution in [0.2, 0.25) is 0 Å². The van der Waals surface area contributed by atoms with Gasteiger partial charge < -0.3 is 4.90 Å². The number of ketones is 1. The van der Waals surface area contributed by atoms with Gasteiger partial charge in [-0.25, -0.2) is 4.98 Å². The van der Waals surface area contributed by atoms with E-state index < -0.39 is 17.0 Å². The minimum absolute atomic E-state index is 0.0186. The Kier molecular flexibility index (Phi) is 3.80. The molecule has 0 atom stereocenters. The van der Waals surface area contributed by atoms with Crippen LogP contribution in [0, 0.1) is 0 Å². The van der Waals surface area contributed by atoms with Crippen molar-refractivity contribution in [3.63, 3.8) is 0 Å². The molecule has 1 heterocycles. The Morgan fingerprint density at radius 1 is 1.20 bits per heavy atom. The summed E-state index contributed by atoms with van der Waals surface area (Å²) in [5.41, 5.74) is 1.25. The highest BCUT2D eigenvalue weighted by atomic mass is 32.1. The number of hydrogen-bond donors (Lipinski definition) is 0. The molecule has 0 saturated heterocycles. The molecule has 0 aliphatic heterocycles. The molecule has 0 fully saturated rings. The third-order valence-electron chi connectivity index (χ3n) is 2.62. The molecule has 0 unspecified atom stereocenters. The maximum Gasteiger partial charge on any atom is 0.443 e. The summed E-state index contributed by atoms with van der Waals surface area (Å²) in [4.78, 5) is 17.1. The molecule has 0 saturated carbocycles. The van der Waals surface area contributed by atoms with Crippen LogP contribution in [0.25, 0.3) is 0 Å². The lowest BCUT2D eigenvalue weighted by molar-refractivity contribution is -0.137. The number of halogens is 3. The zero-order chi connectivity index (χ0) is 14.9. The van der Waals surface area contributed by atoms with E-state index in [0.29, 0.717) is 16.9 Å². The van der Waals surface area contributed by atoms with Crippen LogP contribution in [0.15, 0.2) is 30.5 Å². The second-order valence-electron chi connectivity index (χ2n) is 4.30. The fourth-order valence-corrected chi connectivity index (χ4v) is 2.31. The van der Waals surface area contributed by atoms with Gasteiger partial charge in [-0.05, 0) is 24.3 Å². The minimum Gasteiger partial charge on any atom is -0.378 e. The monoisotopic (exact) mass is 300 g/mol. The SMILES string of the molecule is CN(C)c1ccc(C(=O)c2cnc(C(F)(F)F)s2)cc1. The topological polar surface area (TPSA) is 33.2 Å². The molecular weight excluding hydrogens is 289 g/mol. The Morgan fingerprint density at radius 2 is 1.80 bits per heavy atom. The van der Waals surface area contributed by atoms with Gasteiger partial charge in [-0.1, -0.05) is 0 Å². The predicted molar refractivity (Wildman–Crippen MR) is 71.3 cm³/mol. The van der Waals surface area contributed by atoms with E-state index in [1.54, 1.807) is 24.3 Å². The van der Waals surface area contributed by atoms with Gasteiger partial charge in [0.2, 0.25) is 5.78 Å². The smallest absolute Gasteiger partial charge is 0.378 e. The van der Waals surface area contributed by atoms with Crippen molar-refractivity contribution in [3.05, 3.63) is 45.9 Å². The van der Waals surface area contributed by atoms with Crippen LogP contribution in [0.5, 0.6) is 0 Å². The van der Waals surface area contributed by atoms with Crippen LogP contribution in [-0.2, 0) is 6.18 Å². The number of anilines is 1. The zero-order valence-corrected chi connectivity index (χ0v) is 11.5. The fraction of sp³-hybridized carbons (Fsp3) is 0.231. The Hall–Kier alpha value is -1.89. The van der Waals surface area contributed by atoms with Crippen molar-refractivity contribution >= 4 is 22.8 Å². The van der Waals surface area contributed by atoms with Gasteiger partial charge in [-0.15, -0.1) is 11.3 Å². The minimum atomic E-state index is -4.52. The van der Waals surface area contributed by atoms with E-state index >= 15 is 0 Å². The van der Waals surface area contributed by atoms with E-state index in [1.165, 1.54) is 0 Å². The quantitative estimate of drug-likeness (QED) is 0.814. The Labute approximate surface area is 117 Å². The molecule has 0 spiro atoms. The van der Waals surface area contributed by atoms with Crippen molar-refractivity contribution in [2.24, 2.45) is 0 Å². The summed E-state index contributed by atoms with van der Waals surface area (Å²) in [6, 6.07) is 6.65. The summed E-state index contributed by atoms with van der Waals surface area (Å²) in [7, 11) is 3.71. The molecule has 0 N–H and O–H groups in total. The van der Waals surface area contributed by atoms with Gasteiger partial charge >= 0.3 is 6.18 Å². The molecule has 2 aromatic rings. The van der Waals surface area contributed by atoms with Gasteiger partial charge in [0.05, 0.1) is 4.88 Å². The highest BCUT2D eigenvalue weighted by Crippen LogP contribution is 2.33. The summed E-state index contributed by atoms with van der Waals surface area (Å²) in [6.07, 6.45) is -3.55. The standard InChI is InChI=1S/C13H11F3N2OS/c1-18(2)9-5-3-8(4-6-9)11(19)10-7-17-12(20-10)13(14,15)16/h3-7H,1-2H3. The first-order valence-corrected chi connectivity index (χ1v) is 6.46. The van der Waals surface area contributed by atoms with E-state index in [-0.39, 0.29) is 4.88 Å². The third kappa shape index (κ3) is 2.98. The maximum atomic E-state index is 12.4. The molecule has 20 heavy (non-hydrogen) atoms. The number of carbonyl (C=O) groups excluding carboxylic acids is 1. The zero-order valence-electron chi connectivity index (χ0n) is 10.7. The highest BCUT2D eigenvalue weighted by Gasteiger charge is 2.35. The molecule has 0 amide bonds. The van der Waals surface area contributed by atoms with E-state index in [4.69, 9.17) is 0 Å². The van der Waals surface area contributed by atoms with Crippen LogP contribution < -0.4 is 4.90 Å². The molecule has 106 valence electrons. The average Bonchev–Trinajstić information content (AvgIpc) is 2.87. The van der Waals surface area contributed by atoms with Gasteiger partial charge in [0.25, 0.3) is 0 Å². The summed E-state index contributed by atoms with van der Waals surface area (Å²) in [5.74, 6) is -0.455. The van der Waals surface area contributed by atoms with Gasteiger partial charge in [0.1, 0.15) is 0 Å². The molecule has 2 rings (SSSR count). The van der Waals surface area contributed by atoms with Crippen LogP contribution in [0.4, 0.5) is 18.9 Å². The molecule has 0 aliphatic carbocycles. The van der Waals surface area contributed by atoms with E-state index in [9.17, 15) is 18.0 Å². The highest BCUT2D eigenvalue weighted by molar-refractivity contribution is 7.13. The maximum absolute atomic E-state index is 12.4. The second-order valence-corrected chi connectivity index (χ2v) is 5.33. The molecule has 0 aliphatic rings. The first-order chi connectivity index (χ1) is 9.29. The Balaban J connectivity index is 2.25. The molecule has 1 aromatic carbocycles. The second kappa shape index (κ2) is 5.24. The lowest BCUT2D eigenvalue weighted by atomic mass is 10.1. The molecular formula is C13H11F3N2OS. The summed E-state index contributed by atoms with van der Waals surface area (Å²) < 4.78 is 37.3. The van der Waals surface area contributed by atoms with E-state index in [0.717, 1.165) is 11.9 Å². The van der Waals surface area contributed by atoms with Gasteiger partial charge in [-0.3, -0.25) is 4.79 Å². The number of alkyl halides is 3.